The summed E-state index contributed by atoms with van der Waals surface area (Å²) >= 11 is 0. The third kappa shape index (κ3) is 51.5. The zero-order chi connectivity index (χ0) is 108. The molecule has 144 heavy (non-hydrogen) atoms. The van der Waals surface area contributed by atoms with Gasteiger partial charge in [-0.2, -0.15) is 0 Å². The van der Waals surface area contributed by atoms with Crippen molar-refractivity contribution in [3.63, 3.8) is 0 Å². The van der Waals surface area contributed by atoms with Crippen molar-refractivity contribution >= 4 is 117 Å². The lowest BCUT2D eigenvalue weighted by Crippen LogP contribution is -2.50. The molecule has 0 aromatic heterocycles. The number of terminal acetylenes is 1. The third-order valence-electron chi connectivity index (χ3n) is 25.1. The van der Waals surface area contributed by atoms with Gasteiger partial charge in [-0.15, -0.1) is 12.3 Å². The molecule has 0 bridgehead atoms. The van der Waals surface area contributed by atoms with Crippen LogP contribution in [-0.2, 0) is 99.1 Å². The number of aliphatic imine (C=N–C) groups is 2. The highest BCUT2D eigenvalue weighted by Crippen LogP contribution is 2.28. The average Bonchev–Trinajstić information content (AvgIpc) is 0.850. The Balaban J connectivity index is 2.65. The maximum atomic E-state index is 15.2. The number of carboxylic acids is 1. The minimum atomic E-state index is -1.77. The molecule has 15 atom stereocenters. The molecule has 2 rings (SSSR count). The fourth-order valence-electron chi connectivity index (χ4n) is 16.4. The number of aliphatic carboxylic acids is 1. The van der Waals surface area contributed by atoms with E-state index in [9.17, 15) is 103 Å². The Kier molecular flexibility index (Phi) is 64.3. The summed E-state index contributed by atoms with van der Waals surface area (Å²) in [5, 5.41) is 93.8. The number of hydrogen-bond acceptors (Lipinski definition) is 31. The molecule has 0 fully saturated rings. The summed E-state index contributed by atoms with van der Waals surface area (Å²) in [4.78, 5) is 262. The molecular weight excluding hydrogens is 1870 g/mol. The number of benzene rings is 2. The molecule has 0 radical (unpaired) electrons. The van der Waals surface area contributed by atoms with Gasteiger partial charge in [0.05, 0.1) is 57.5 Å². The highest BCUT2D eigenvalue weighted by atomic mass is 16.4. The van der Waals surface area contributed by atoms with Crippen molar-refractivity contribution in [3.8, 4) is 23.8 Å². The number of nitrogens with zero attached hydrogens (tertiary/aromatic N) is 2. The molecule has 0 spiro atoms. The molecule has 44 heteroatoms. The number of unbranched alkanes of at least 4 members (excludes halogenated alkanes) is 5. The molecule has 806 valence electrons. The Labute approximate surface area is 842 Å². The number of nitrogens with one attached hydrogen (secondary N) is 8. The molecular formula is C100H161N19O25. The van der Waals surface area contributed by atoms with Crippen molar-refractivity contribution in [1.82, 2.24) is 42.5 Å². The highest BCUT2D eigenvalue weighted by Gasteiger charge is 2.40. The van der Waals surface area contributed by atoms with Gasteiger partial charge in [0.25, 0.3) is 0 Å². The van der Waals surface area contributed by atoms with Gasteiger partial charge in [-0.1, -0.05) is 84.1 Å². The van der Waals surface area contributed by atoms with Gasteiger partial charge < -0.3 is 130 Å². The topological polar surface area (TPSA) is 804 Å². The number of carbonyl (C=O) groups excluding carboxylic acids is 17. The van der Waals surface area contributed by atoms with E-state index in [1.165, 1.54) is 48.5 Å². The first-order valence-corrected chi connectivity index (χ1v) is 49.8. The van der Waals surface area contributed by atoms with E-state index in [1.54, 1.807) is 27.7 Å². The van der Waals surface area contributed by atoms with Gasteiger partial charge in [0.1, 0.15) is 41.4 Å². The minimum absolute atomic E-state index is 0.0127. The standard InChI is InChI=1S/C100H161N19O25/c1-6-7-25-73(126)45-64(20-8-13-36-101)90(135)112-55-75(128)52-76(60(2)3)97(142)119-82(58-122)87(132)49-67(23-11-16-39-104)92(137)116-81(57-121)88(133)51-70(44-63-30-34-72(125)35-31-63)94(139)115-78(26-18-41-110-99(106)107)84(129)47-65(21-9-14-37-102)91(136)114-79(27-19-42-111-100(108)109)85(130)50-69(43-62-28-32-71(124)33-29-62)95(140)118-80(56-120)86(131)48-66(22-10-15-38-103)93(138)117-83(59-123)89(134)53-77(61(4)5)96(141)113-54-74(127)46-68(98(143)144)24-12-17-40-105/h1,28-35,60-61,64-70,76-83,120-125H,7-27,36-59,101-105H2,2-5H3,(H,112,135)(H,113,141)(H,114,136)(H,115,139)(H,116,137)(H,117,138)(H,118,140)(H,119,142)(H,143,144)(H4,106,107,110)(H4,108,109,111)/t64-,65-,66-,67-,68-,69-,70-,76+,77+,78+,79+,80+,81+,82+,83+/m1/s1. The van der Waals surface area contributed by atoms with Crippen molar-refractivity contribution in [2.75, 3.05) is 85.3 Å². The summed E-state index contributed by atoms with van der Waals surface area (Å²) in [7, 11) is 0. The zero-order valence-corrected chi connectivity index (χ0v) is 83.9. The predicted molar refractivity (Wildman–Crippen MR) is 537 cm³/mol. The highest BCUT2D eigenvalue weighted by molar-refractivity contribution is 6.01. The summed E-state index contributed by atoms with van der Waals surface area (Å²) in [6.45, 7) is 2.38. The van der Waals surface area contributed by atoms with E-state index >= 15 is 19.2 Å². The number of aliphatic hydroxyl groups excluding tert-OH is 4. The Bertz CT molecular complexity index is 4440. The van der Waals surface area contributed by atoms with Crippen LogP contribution in [0.15, 0.2) is 58.5 Å². The number of ketones is 9. The van der Waals surface area contributed by atoms with Crippen LogP contribution in [0, 0.1) is 77.4 Å². The average molecular weight is 2030 g/mol. The molecule has 8 amide bonds. The van der Waals surface area contributed by atoms with E-state index in [0.717, 1.165) is 0 Å². The van der Waals surface area contributed by atoms with Crippen molar-refractivity contribution in [1.29, 1.82) is 0 Å². The van der Waals surface area contributed by atoms with E-state index in [-0.39, 0.29) is 171 Å². The number of rotatable bonds is 83. The number of carbonyl (C=O) groups is 18. The first-order chi connectivity index (χ1) is 68.5. The second-order valence-corrected chi connectivity index (χ2v) is 37.5. The lowest BCUT2D eigenvalue weighted by molar-refractivity contribution is -0.144. The number of phenolic OH excluding ortho intramolecular Hbond substituents is 2. The molecule has 2 aromatic rings. The van der Waals surface area contributed by atoms with Crippen molar-refractivity contribution in [2.24, 2.45) is 127 Å². The second kappa shape index (κ2) is 72.3. The first-order valence-electron chi connectivity index (χ1n) is 49.8. The van der Waals surface area contributed by atoms with Gasteiger partial charge in [0, 0.05) is 131 Å². The Morgan fingerprint density at radius 3 is 0.924 bits per heavy atom. The Morgan fingerprint density at radius 2 is 0.604 bits per heavy atom. The number of guanidine groups is 2. The summed E-state index contributed by atoms with van der Waals surface area (Å²) in [5.74, 6) is -24.8. The van der Waals surface area contributed by atoms with Crippen LogP contribution in [0.3, 0.4) is 0 Å². The van der Waals surface area contributed by atoms with Crippen LogP contribution in [0.5, 0.6) is 11.5 Å². The summed E-state index contributed by atoms with van der Waals surface area (Å²) in [5.41, 5.74) is 52.3. The molecule has 0 aliphatic heterocycles. The van der Waals surface area contributed by atoms with Crippen LogP contribution in [0.2, 0.25) is 0 Å². The van der Waals surface area contributed by atoms with Gasteiger partial charge >= 0.3 is 5.97 Å². The largest absolute Gasteiger partial charge is 0.508 e. The Hall–Kier alpha value is -12.0. The molecule has 0 aliphatic rings. The third-order valence-corrected chi connectivity index (χ3v) is 25.1. The molecule has 2 aromatic carbocycles. The van der Waals surface area contributed by atoms with Crippen LogP contribution in [-0.4, -0.2) is 275 Å². The van der Waals surface area contributed by atoms with Crippen LogP contribution in [0.1, 0.15) is 231 Å². The van der Waals surface area contributed by atoms with Gasteiger partial charge in [-0.05, 0) is 183 Å². The van der Waals surface area contributed by atoms with Crippen molar-refractivity contribution in [2.45, 2.75) is 269 Å². The first kappa shape index (κ1) is 128. The number of amides is 8. The number of nitrogens with two attached hydrogens (primary N) is 9. The zero-order valence-electron chi connectivity index (χ0n) is 83.9. The molecule has 0 heterocycles. The van der Waals surface area contributed by atoms with Crippen LogP contribution in [0.25, 0.3) is 0 Å². The summed E-state index contributed by atoms with van der Waals surface area (Å²) in [6, 6.07) is 1.24. The lowest BCUT2D eigenvalue weighted by atomic mass is 9.87. The summed E-state index contributed by atoms with van der Waals surface area (Å²) < 4.78 is 0. The number of aromatic hydroxyl groups is 2. The maximum Gasteiger partial charge on any atom is 0.306 e. The molecule has 33 N–H and O–H groups in total. The normalized spacial score (nSPS) is 14.4. The number of Topliss-reactive ketones (excluding diaryl/α,β-unsaturated/α-hetero) is 9. The van der Waals surface area contributed by atoms with E-state index < -0.39 is 285 Å². The van der Waals surface area contributed by atoms with Crippen LogP contribution >= 0.6 is 0 Å². The fraction of sp³-hybridized carbons (Fsp3) is 0.660. The van der Waals surface area contributed by atoms with Gasteiger partial charge in [0.15, 0.2) is 58.2 Å². The quantitative estimate of drug-likeness (QED) is 0.0159. The molecule has 0 unspecified atom stereocenters. The Morgan fingerprint density at radius 1 is 0.326 bits per heavy atom. The van der Waals surface area contributed by atoms with Gasteiger partial charge in [-0.25, -0.2) is 0 Å². The summed E-state index contributed by atoms with van der Waals surface area (Å²) in [6.07, 6.45) is 3.99. The van der Waals surface area contributed by atoms with Crippen molar-refractivity contribution in [3.05, 3.63) is 59.7 Å². The predicted octanol–water partition coefficient (Wildman–Crippen LogP) is -1.27. The number of aliphatic hydroxyl groups is 4. The molecule has 44 nitrogen and oxygen atoms in total. The van der Waals surface area contributed by atoms with E-state index in [2.05, 4.69) is 58.4 Å². The van der Waals surface area contributed by atoms with Gasteiger partial charge in [0.2, 0.25) is 47.3 Å². The number of phenols is 2. The smallest absolute Gasteiger partial charge is 0.306 e. The number of hydrogen-bond donors (Lipinski definition) is 24. The SMILES string of the molecule is C#CCCC(=O)C[C@@H](CCCCN)C(=O)NCC(=O)C[C@H](C(=O)N[C@@H](CO)C(=O)C[C@@H](CCCCN)C(=O)N[C@@H](CO)C(=O)C[C@@H](Cc1ccc(O)cc1)C(=O)N[C@@H](CCCN=C(N)N)C(=O)C[C@@H](CCCCN)C(=O)N[C@@H](CCCN=C(N)N)C(=O)C[C@@H](Cc1ccc(O)cc1)C(=O)N[C@@H](CO)C(=O)C[C@@H](CCCCN)C(=O)N[C@@H](CO)C(=O)C[C@H](C(=O)NCC(=O)C[C@@H](CCCCN)C(=O)O)C(C)C)C(C)C. The van der Waals surface area contributed by atoms with E-state index in [1.807, 2.05) is 0 Å². The number of carboxylic acid groups (broad SMARTS) is 1. The minimum Gasteiger partial charge on any atom is -0.508 e. The van der Waals surface area contributed by atoms with Crippen LogP contribution < -0.4 is 94.1 Å². The monoisotopic (exact) mass is 2030 g/mol. The molecule has 0 saturated carbocycles. The van der Waals surface area contributed by atoms with Gasteiger partial charge in [-0.3, -0.25) is 96.3 Å². The molecule has 0 aliphatic carbocycles. The molecule has 0 saturated heterocycles. The lowest BCUT2D eigenvalue weighted by Gasteiger charge is -2.27. The van der Waals surface area contributed by atoms with Crippen molar-refractivity contribution < 1.29 is 122 Å². The van der Waals surface area contributed by atoms with E-state index in [4.69, 9.17) is 58.0 Å². The van der Waals surface area contributed by atoms with Crippen LogP contribution in [0.4, 0.5) is 0 Å². The maximum absolute atomic E-state index is 15.2. The second-order valence-electron chi connectivity index (χ2n) is 37.5. The fourth-order valence-corrected chi connectivity index (χ4v) is 16.4. The van der Waals surface area contributed by atoms with E-state index in [0.29, 0.717) is 75.6 Å².